The molecular weight excluding hydrogens is 244 g/mol. The summed E-state index contributed by atoms with van der Waals surface area (Å²) in [6.45, 7) is 1.83. The van der Waals surface area contributed by atoms with Crippen molar-refractivity contribution < 1.29 is 9.21 Å². The Kier molecular flexibility index (Phi) is 2.68. The van der Waals surface area contributed by atoms with Crippen LogP contribution in [0.4, 0.5) is 0 Å². The van der Waals surface area contributed by atoms with Crippen molar-refractivity contribution in [1.29, 1.82) is 0 Å². The first-order valence-corrected chi connectivity index (χ1v) is 5.69. The minimum atomic E-state index is 0.315. The number of benzene rings is 1. The number of hydrogen-bond donors (Lipinski definition) is 0. The number of carbonyl (C=O) groups is 1. The second-order valence-corrected chi connectivity index (χ2v) is 4.00. The molecule has 3 rings (SSSR count). The molecule has 3 aromatic rings. The van der Waals surface area contributed by atoms with Gasteiger partial charge in [-0.3, -0.25) is 4.79 Å². The summed E-state index contributed by atoms with van der Waals surface area (Å²) in [5, 5.41) is 11.3. The van der Waals surface area contributed by atoms with Crippen molar-refractivity contribution in [1.82, 2.24) is 20.2 Å². The van der Waals surface area contributed by atoms with E-state index in [0.29, 0.717) is 23.6 Å². The first kappa shape index (κ1) is 11.3. The Balaban J connectivity index is 1.95. The fourth-order valence-corrected chi connectivity index (χ4v) is 1.81. The van der Waals surface area contributed by atoms with Crippen molar-refractivity contribution in [3.05, 3.63) is 48.0 Å². The van der Waals surface area contributed by atoms with Crippen molar-refractivity contribution in [3.63, 3.8) is 0 Å². The maximum Gasteiger partial charge on any atom is 0.185 e. The molecule has 0 bridgehead atoms. The maximum absolute atomic E-state index is 10.6. The molecule has 6 nitrogen and oxygen atoms in total. The summed E-state index contributed by atoms with van der Waals surface area (Å²) in [5.74, 6) is 1.69. The van der Waals surface area contributed by atoms with E-state index < -0.39 is 0 Å². The SMILES string of the molecule is Cc1nnnn1-c1ccc(-c2ccc(C=O)o2)cc1. The third-order valence-electron chi connectivity index (χ3n) is 2.76. The third-order valence-corrected chi connectivity index (χ3v) is 2.76. The van der Waals surface area contributed by atoms with Gasteiger partial charge in [0.2, 0.25) is 0 Å². The van der Waals surface area contributed by atoms with E-state index in [1.165, 1.54) is 0 Å². The zero-order valence-corrected chi connectivity index (χ0v) is 10.1. The molecule has 0 spiro atoms. The van der Waals surface area contributed by atoms with Gasteiger partial charge in [0, 0.05) is 5.56 Å². The van der Waals surface area contributed by atoms with Crippen LogP contribution in [0.1, 0.15) is 16.4 Å². The molecule has 0 saturated carbocycles. The molecule has 0 atom stereocenters. The monoisotopic (exact) mass is 254 g/mol. The standard InChI is InChI=1S/C13H10N4O2/c1-9-14-15-16-17(9)11-4-2-10(3-5-11)13-7-6-12(8-18)19-13/h2-8H,1H3. The van der Waals surface area contributed by atoms with Crippen LogP contribution in [0, 0.1) is 6.92 Å². The van der Waals surface area contributed by atoms with Crippen LogP contribution in [0.2, 0.25) is 0 Å². The molecule has 0 amide bonds. The summed E-state index contributed by atoms with van der Waals surface area (Å²) in [6.07, 6.45) is 0.683. The Morgan fingerprint density at radius 3 is 2.53 bits per heavy atom. The van der Waals surface area contributed by atoms with E-state index in [9.17, 15) is 4.79 Å². The minimum absolute atomic E-state index is 0.315. The van der Waals surface area contributed by atoms with Crippen molar-refractivity contribution in [2.75, 3.05) is 0 Å². The average molecular weight is 254 g/mol. The molecule has 0 radical (unpaired) electrons. The highest BCUT2D eigenvalue weighted by Gasteiger charge is 2.06. The molecule has 0 N–H and O–H groups in total. The number of aryl methyl sites for hydroxylation is 1. The second-order valence-electron chi connectivity index (χ2n) is 4.00. The van der Waals surface area contributed by atoms with Gasteiger partial charge in [0.25, 0.3) is 0 Å². The molecule has 0 aliphatic carbocycles. The number of furan rings is 1. The molecule has 0 saturated heterocycles. The van der Waals surface area contributed by atoms with E-state index in [-0.39, 0.29) is 0 Å². The third kappa shape index (κ3) is 2.03. The Morgan fingerprint density at radius 1 is 1.16 bits per heavy atom. The molecule has 1 aromatic carbocycles. The highest BCUT2D eigenvalue weighted by atomic mass is 16.3. The van der Waals surface area contributed by atoms with Gasteiger partial charge in [-0.05, 0) is 53.7 Å². The molecule has 0 unspecified atom stereocenters. The van der Waals surface area contributed by atoms with Crippen LogP contribution in [0.5, 0.6) is 0 Å². The van der Waals surface area contributed by atoms with Crippen LogP contribution in [0.25, 0.3) is 17.0 Å². The lowest BCUT2D eigenvalue weighted by atomic mass is 10.1. The van der Waals surface area contributed by atoms with Crippen LogP contribution >= 0.6 is 0 Å². The van der Waals surface area contributed by atoms with Gasteiger partial charge in [-0.1, -0.05) is 0 Å². The molecule has 2 heterocycles. The molecule has 2 aromatic heterocycles. The fourth-order valence-electron chi connectivity index (χ4n) is 1.81. The van der Waals surface area contributed by atoms with Crippen molar-refractivity contribution >= 4 is 6.29 Å². The molecular formula is C13H10N4O2. The summed E-state index contributed by atoms with van der Waals surface area (Å²) in [7, 11) is 0. The number of aromatic nitrogens is 4. The van der Waals surface area contributed by atoms with Crippen LogP contribution in [0.3, 0.4) is 0 Å². The van der Waals surface area contributed by atoms with Crippen LogP contribution in [-0.2, 0) is 0 Å². The Labute approximate surface area is 108 Å². The molecule has 19 heavy (non-hydrogen) atoms. The minimum Gasteiger partial charge on any atom is -0.453 e. The van der Waals surface area contributed by atoms with Gasteiger partial charge in [-0.25, -0.2) is 0 Å². The van der Waals surface area contributed by atoms with Crippen LogP contribution < -0.4 is 0 Å². The molecule has 6 heteroatoms. The van der Waals surface area contributed by atoms with Crippen LogP contribution in [0.15, 0.2) is 40.8 Å². The van der Waals surface area contributed by atoms with Gasteiger partial charge in [-0.2, -0.15) is 4.68 Å². The first-order chi connectivity index (χ1) is 9.28. The van der Waals surface area contributed by atoms with E-state index in [0.717, 1.165) is 11.3 Å². The van der Waals surface area contributed by atoms with Crippen molar-refractivity contribution in [3.8, 4) is 17.0 Å². The molecule has 0 aliphatic heterocycles. The summed E-state index contributed by atoms with van der Waals surface area (Å²) < 4.78 is 7.00. The lowest BCUT2D eigenvalue weighted by Gasteiger charge is -2.02. The first-order valence-electron chi connectivity index (χ1n) is 5.69. The Bertz CT molecular complexity index is 712. The number of hydrogen-bond acceptors (Lipinski definition) is 5. The number of tetrazole rings is 1. The van der Waals surface area contributed by atoms with Gasteiger partial charge in [0.05, 0.1) is 5.69 Å². The molecule has 0 fully saturated rings. The number of nitrogens with zero attached hydrogens (tertiary/aromatic N) is 4. The fraction of sp³-hybridized carbons (Fsp3) is 0.0769. The summed E-state index contributed by atoms with van der Waals surface area (Å²) in [4.78, 5) is 10.6. The number of rotatable bonds is 3. The van der Waals surface area contributed by atoms with Gasteiger partial charge in [-0.15, -0.1) is 5.10 Å². The van der Waals surface area contributed by atoms with Gasteiger partial charge >= 0.3 is 0 Å². The zero-order valence-electron chi connectivity index (χ0n) is 10.1. The van der Waals surface area contributed by atoms with E-state index in [1.54, 1.807) is 16.8 Å². The largest absolute Gasteiger partial charge is 0.453 e. The number of aldehydes is 1. The van der Waals surface area contributed by atoms with E-state index in [4.69, 9.17) is 4.42 Å². The quantitative estimate of drug-likeness (QED) is 0.669. The Hall–Kier alpha value is -2.76. The van der Waals surface area contributed by atoms with Gasteiger partial charge in [0.15, 0.2) is 17.9 Å². The van der Waals surface area contributed by atoms with Gasteiger partial charge in [0.1, 0.15) is 5.76 Å². The second kappa shape index (κ2) is 4.49. The highest BCUT2D eigenvalue weighted by Crippen LogP contribution is 2.22. The lowest BCUT2D eigenvalue weighted by molar-refractivity contribution is 0.110. The molecule has 0 aliphatic rings. The van der Waals surface area contributed by atoms with Gasteiger partial charge < -0.3 is 4.42 Å². The smallest absolute Gasteiger partial charge is 0.185 e. The highest BCUT2D eigenvalue weighted by molar-refractivity contribution is 5.72. The van der Waals surface area contributed by atoms with E-state index in [2.05, 4.69) is 15.5 Å². The summed E-state index contributed by atoms with van der Waals surface area (Å²) in [5.41, 5.74) is 1.76. The van der Waals surface area contributed by atoms with E-state index in [1.807, 2.05) is 31.2 Å². The topological polar surface area (TPSA) is 73.8 Å². The molecule has 94 valence electrons. The average Bonchev–Trinajstić information content (AvgIpc) is 3.07. The summed E-state index contributed by atoms with van der Waals surface area (Å²) in [6, 6.07) is 11.0. The van der Waals surface area contributed by atoms with E-state index >= 15 is 0 Å². The van der Waals surface area contributed by atoms with Crippen molar-refractivity contribution in [2.45, 2.75) is 6.92 Å². The van der Waals surface area contributed by atoms with Crippen LogP contribution in [-0.4, -0.2) is 26.5 Å². The zero-order chi connectivity index (χ0) is 13.2. The normalized spacial score (nSPS) is 10.6. The predicted octanol–water partition coefficient (Wildman–Crippen LogP) is 2.04. The predicted molar refractivity (Wildman–Crippen MR) is 67.0 cm³/mol. The summed E-state index contributed by atoms with van der Waals surface area (Å²) >= 11 is 0. The maximum atomic E-state index is 10.6. The Morgan fingerprint density at radius 2 is 1.95 bits per heavy atom. The lowest BCUT2D eigenvalue weighted by Crippen LogP contribution is -1.98. The number of carbonyl (C=O) groups excluding carboxylic acids is 1. The van der Waals surface area contributed by atoms with Crippen molar-refractivity contribution in [2.24, 2.45) is 0 Å².